The first-order chi connectivity index (χ1) is 8.47. The Morgan fingerprint density at radius 3 is 2.89 bits per heavy atom. The van der Waals surface area contributed by atoms with Crippen LogP contribution in [0.3, 0.4) is 0 Å². The number of carbonyl (C=O) groups is 1. The van der Waals surface area contributed by atoms with Crippen LogP contribution in [0.5, 0.6) is 0 Å². The lowest BCUT2D eigenvalue weighted by Gasteiger charge is -2.18. The van der Waals surface area contributed by atoms with Crippen LogP contribution in [0.4, 0.5) is 0 Å². The number of nitrogens with zero attached hydrogens (tertiary/aromatic N) is 3. The van der Waals surface area contributed by atoms with Crippen LogP contribution < -0.4 is 5.73 Å². The van der Waals surface area contributed by atoms with Gasteiger partial charge in [-0.25, -0.2) is 0 Å². The molecule has 0 aliphatic heterocycles. The molecule has 0 radical (unpaired) electrons. The van der Waals surface area contributed by atoms with Gasteiger partial charge in [0.25, 0.3) is 5.91 Å². The third-order valence-electron chi connectivity index (χ3n) is 2.79. The minimum Gasteiger partial charge on any atom is -0.392 e. The zero-order chi connectivity index (χ0) is 13.7. The summed E-state index contributed by atoms with van der Waals surface area (Å²) < 4.78 is 1.79. The quantitative estimate of drug-likeness (QED) is 0.748. The molecular formula is C12H22N4O2. The van der Waals surface area contributed by atoms with Gasteiger partial charge < -0.3 is 15.7 Å². The first-order valence-corrected chi connectivity index (χ1v) is 6.13. The van der Waals surface area contributed by atoms with Crippen LogP contribution >= 0.6 is 0 Å². The summed E-state index contributed by atoms with van der Waals surface area (Å²) >= 11 is 0. The molecule has 0 saturated heterocycles. The number of likely N-dealkylation sites (N-methyl/N-ethyl adjacent to an activating group) is 1. The number of aryl methyl sites for hydroxylation is 1. The standard InChI is InChI=1S/C12H22N4O2/c1-9(17)8-15(3)12(18)11-7-14-16(10(11)2)6-4-5-13/h7,9,17H,4-6,8,13H2,1-3H3. The molecule has 1 heterocycles. The Bertz CT molecular complexity index is 401. The number of aliphatic hydroxyl groups excluding tert-OH is 1. The highest BCUT2D eigenvalue weighted by Crippen LogP contribution is 2.10. The first-order valence-electron chi connectivity index (χ1n) is 6.13. The van der Waals surface area contributed by atoms with Gasteiger partial charge in [-0.1, -0.05) is 0 Å². The van der Waals surface area contributed by atoms with Gasteiger partial charge in [0.1, 0.15) is 0 Å². The average Bonchev–Trinajstić information content (AvgIpc) is 2.66. The number of rotatable bonds is 6. The van der Waals surface area contributed by atoms with E-state index in [1.165, 1.54) is 4.90 Å². The van der Waals surface area contributed by atoms with E-state index in [1.807, 2.05) is 6.92 Å². The third kappa shape index (κ3) is 3.54. The molecule has 3 N–H and O–H groups in total. The number of hydrogen-bond acceptors (Lipinski definition) is 4. The lowest BCUT2D eigenvalue weighted by Crippen LogP contribution is -2.33. The maximum Gasteiger partial charge on any atom is 0.257 e. The zero-order valence-electron chi connectivity index (χ0n) is 11.3. The maximum absolute atomic E-state index is 12.1. The van der Waals surface area contributed by atoms with E-state index in [4.69, 9.17) is 5.73 Å². The van der Waals surface area contributed by atoms with E-state index >= 15 is 0 Å². The Balaban J connectivity index is 2.77. The summed E-state index contributed by atoms with van der Waals surface area (Å²) in [4.78, 5) is 13.6. The first kappa shape index (κ1) is 14.7. The minimum atomic E-state index is -0.536. The molecule has 18 heavy (non-hydrogen) atoms. The van der Waals surface area contributed by atoms with Crippen molar-refractivity contribution in [2.24, 2.45) is 5.73 Å². The molecule has 1 aromatic rings. The summed E-state index contributed by atoms with van der Waals surface area (Å²) in [5, 5.41) is 13.5. The van der Waals surface area contributed by atoms with Crippen LogP contribution in [0, 0.1) is 6.92 Å². The van der Waals surface area contributed by atoms with Gasteiger partial charge in [0.2, 0.25) is 0 Å². The summed E-state index contributed by atoms with van der Waals surface area (Å²) in [6.07, 6.45) is 1.87. The molecule has 102 valence electrons. The second-order valence-electron chi connectivity index (χ2n) is 4.54. The molecule has 0 fully saturated rings. The number of amides is 1. The van der Waals surface area contributed by atoms with Crippen LogP contribution in [0.2, 0.25) is 0 Å². The van der Waals surface area contributed by atoms with Crippen molar-refractivity contribution in [2.45, 2.75) is 32.9 Å². The number of nitrogens with two attached hydrogens (primary N) is 1. The van der Waals surface area contributed by atoms with Crippen LogP contribution in [0.15, 0.2) is 6.20 Å². The monoisotopic (exact) mass is 254 g/mol. The molecule has 1 rings (SSSR count). The van der Waals surface area contributed by atoms with E-state index in [0.717, 1.165) is 18.7 Å². The number of aromatic nitrogens is 2. The molecule has 1 unspecified atom stereocenters. The van der Waals surface area contributed by atoms with E-state index in [-0.39, 0.29) is 5.91 Å². The van der Waals surface area contributed by atoms with Crippen molar-refractivity contribution in [1.82, 2.24) is 14.7 Å². The topological polar surface area (TPSA) is 84.4 Å². The van der Waals surface area contributed by atoms with Crippen LogP contribution in [-0.4, -0.2) is 51.9 Å². The van der Waals surface area contributed by atoms with Gasteiger partial charge in [-0.05, 0) is 26.8 Å². The molecule has 0 aromatic carbocycles. The summed E-state index contributed by atoms with van der Waals surface area (Å²) in [5.74, 6) is -0.118. The van der Waals surface area contributed by atoms with Crippen molar-refractivity contribution in [2.75, 3.05) is 20.1 Å². The molecule has 6 nitrogen and oxygen atoms in total. The molecule has 0 spiro atoms. The van der Waals surface area contributed by atoms with E-state index in [9.17, 15) is 9.90 Å². The largest absolute Gasteiger partial charge is 0.392 e. The van der Waals surface area contributed by atoms with E-state index in [1.54, 1.807) is 24.9 Å². The van der Waals surface area contributed by atoms with Crippen molar-refractivity contribution >= 4 is 5.91 Å². The molecule has 0 bridgehead atoms. The van der Waals surface area contributed by atoms with Crippen LogP contribution in [-0.2, 0) is 6.54 Å². The minimum absolute atomic E-state index is 0.118. The van der Waals surface area contributed by atoms with Gasteiger partial charge in [0, 0.05) is 25.8 Å². The Labute approximate surface area is 107 Å². The molecule has 1 amide bonds. The number of aliphatic hydroxyl groups is 1. The average molecular weight is 254 g/mol. The second kappa shape index (κ2) is 6.51. The van der Waals surface area contributed by atoms with Gasteiger partial charge in [-0.3, -0.25) is 9.48 Å². The van der Waals surface area contributed by atoms with Gasteiger partial charge in [-0.15, -0.1) is 0 Å². The van der Waals surface area contributed by atoms with E-state index < -0.39 is 6.10 Å². The van der Waals surface area contributed by atoms with Crippen molar-refractivity contribution in [3.05, 3.63) is 17.5 Å². The van der Waals surface area contributed by atoms with E-state index in [0.29, 0.717) is 18.7 Å². The Morgan fingerprint density at radius 2 is 2.33 bits per heavy atom. The summed E-state index contributed by atoms with van der Waals surface area (Å²) in [6.45, 7) is 5.15. The highest BCUT2D eigenvalue weighted by Gasteiger charge is 2.18. The Hall–Kier alpha value is -1.40. The summed E-state index contributed by atoms with van der Waals surface area (Å²) in [7, 11) is 1.67. The molecule has 6 heteroatoms. The van der Waals surface area contributed by atoms with Gasteiger partial charge in [0.15, 0.2) is 0 Å². The van der Waals surface area contributed by atoms with Gasteiger partial charge in [-0.2, -0.15) is 5.10 Å². The molecular weight excluding hydrogens is 232 g/mol. The predicted molar refractivity (Wildman–Crippen MR) is 69.3 cm³/mol. The maximum atomic E-state index is 12.1. The Kier molecular flexibility index (Phi) is 5.30. The van der Waals surface area contributed by atoms with Crippen molar-refractivity contribution in [1.29, 1.82) is 0 Å². The Morgan fingerprint density at radius 1 is 1.67 bits per heavy atom. The van der Waals surface area contributed by atoms with Crippen LogP contribution in [0.25, 0.3) is 0 Å². The zero-order valence-corrected chi connectivity index (χ0v) is 11.3. The fourth-order valence-corrected chi connectivity index (χ4v) is 1.81. The number of hydrogen-bond donors (Lipinski definition) is 2. The predicted octanol–water partition coefficient (Wildman–Crippen LogP) is -0.00688. The smallest absolute Gasteiger partial charge is 0.257 e. The van der Waals surface area contributed by atoms with Gasteiger partial charge >= 0.3 is 0 Å². The van der Waals surface area contributed by atoms with Crippen molar-refractivity contribution < 1.29 is 9.90 Å². The van der Waals surface area contributed by atoms with E-state index in [2.05, 4.69) is 5.10 Å². The fraction of sp³-hybridized carbons (Fsp3) is 0.667. The molecule has 0 saturated carbocycles. The number of carbonyl (C=O) groups excluding carboxylic acids is 1. The SMILES string of the molecule is Cc1c(C(=O)N(C)CC(C)O)cnn1CCCN. The molecule has 1 aromatic heterocycles. The summed E-state index contributed by atoms with van der Waals surface area (Å²) in [6, 6.07) is 0. The highest BCUT2D eigenvalue weighted by atomic mass is 16.3. The molecule has 0 aliphatic carbocycles. The lowest BCUT2D eigenvalue weighted by molar-refractivity contribution is 0.0703. The van der Waals surface area contributed by atoms with Crippen molar-refractivity contribution in [3.8, 4) is 0 Å². The highest BCUT2D eigenvalue weighted by molar-refractivity contribution is 5.94. The third-order valence-corrected chi connectivity index (χ3v) is 2.79. The fourth-order valence-electron chi connectivity index (χ4n) is 1.81. The van der Waals surface area contributed by atoms with Gasteiger partial charge in [0.05, 0.1) is 17.9 Å². The molecule has 1 atom stereocenters. The summed E-state index contributed by atoms with van der Waals surface area (Å²) in [5.41, 5.74) is 6.87. The normalized spacial score (nSPS) is 12.5. The van der Waals surface area contributed by atoms with Crippen LogP contribution in [0.1, 0.15) is 29.4 Å². The van der Waals surface area contributed by atoms with Crippen molar-refractivity contribution in [3.63, 3.8) is 0 Å². The second-order valence-corrected chi connectivity index (χ2v) is 4.54. The molecule has 0 aliphatic rings. The lowest BCUT2D eigenvalue weighted by atomic mass is 10.2.